The van der Waals surface area contributed by atoms with Gasteiger partial charge < -0.3 is 24.8 Å². The Bertz CT molecular complexity index is 789. The van der Waals surface area contributed by atoms with Crippen LogP contribution in [0, 0.1) is 20.8 Å². The van der Waals surface area contributed by atoms with Gasteiger partial charge in [0.25, 0.3) is 0 Å². The van der Waals surface area contributed by atoms with Crippen molar-refractivity contribution in [2.75, 3.05) is 25.3 Å². The molecule has 0 bridgehead atoms. The van der Waals surface area contributed by atoms with Gasteiger partial charge in [-0.15, -0.1) is 0 Å². The van der Waals surface area contributed by atoms with E-state index in [1.165, 1.54) is 5.56 Å². The molecule has 0 saturated heterocycles. The number of rotatable bonds is 5. The van der Waals surface area contributed by atoms with Crippen LogP contribution in [0.25, 0.3) is 0 Å². The van der Waals surface area contributed by atoms with Crippen molar-refractivity contribution >= 4 is 11.7 Å². The van der Waals surface area contributed by atoms with Crippen LogP contribution in [0.3, 0.4) is 0 Å². The number of carbonyl (C=O) groups excluding carboxylic acids is 1. The molecule has 2 amide bonds. The first-order chi connectivity index (χ1) is 12.0. The molecule has 0 spiro atoms. The zero-order valence-electron chi connectivity index (χ0n) is 14.6. The number of anilines is 1. The standard InChI is InChI=1S/C19H22N2O4/c1-12-4-5-13(2)18(14(12)3)23-9-8-20-19(22)21-15-6-7-16-17(10-15)25-11-24-16/h4-7,10H,8-9,11H2,1-3H3,(H2,20,21,22). The quantitative estimate of drug-likeness (QED) is 0.816. The van der Waals surface area contributed by atoms with E-state index in [-0.39, 0.29) is 12.8 Å². The average molecular weight is 342 g/mol. The first-order valence-electron chi connectivity index (χ1n) is 8.18. The molecule has 0 fully saturated rings. The van der Waals surface area contributed by atoms with E-state index in [1.807, 2.05) is 19.9 Å². The number of nitrogens with one attached hydrogen (secondary N) is 2. The summed E-state index contributed by atoms with van der Waals surface area (Å²) in [5.74, 6) is 2.20. The van der Waals surface area contributed by atoms with E-state index in [0.29, 0.717) is 30.3 Å². The summed E-state index contributed by atoms with van der Waals surface area (Å²) in [6.07, 6.45) is 0. The summed E-state index contributed by atoms with van der Waals surface area (Å²) in [5.41, 5.74) is 4.06. The van der Waals surface area contributed by atoms with Crippen LogP contribution in [-0.2, 0) is 0 Å². The number of fused-ring (bicyclic) bond motifs is 1. The first-order valence-corrected chi connectivity index (χ1v) is 8.18. The van der Waals surface area contributed by atoms with E-state index in [9.17, 15) is 4.79 Å². The first kappa shape index (κ1) is 17.0. The largest absolute Gasteiger partial charge is 0.491 e. The predicted octanol–water partition coefficient (Wildman–Crippen LogP) is 3.54. The molecule has 1 heterocycles. The summed E-state index contributed by atoms with van der Waals surface area (Å²) in [5, 5.41) is 5.54. The fourth-order valence-corrected chi connectivity index (χ4v) is 2.61. The number of amides is 2. The van der Waals surface area contributed by atoms with Crippen molar-refractivity contribution in [3.8, 4) is 17.2 Å². The molecular weight excluding hydrogens is 320 g/mol. The van der Waals surface area contributed by atoms with Crippen LogP contribution >= 0.6 is 0 Å². The highest BCUT2D eigenvalue weighted by Gasteiger charge is 2.14. The Kier molecular flexibility index (Phi) is 4.97. The summed E-state index contributed by atoms with van der Waals surface area (Å²) in [4.78, 5) is 12.0. The molecule has 2 aromatic rings. The van der Waals surface area contributed by atoms with Crippen LogP contribution in [0.4, 0.5) is 10.5 Å². The summed E-state index contributed by atoms with van der Waals surface area (Å²) in [6.45, 7) is 7.13. The number of ether oxygens (including phenoxy) is 3. The van der Waals surface area contributed by atoms with E-state index in [0.717, 1.165) is 16.9 Å². The van der Waals surface area contributed by atoms with Crippen LogP contribution < -0.4 is 24.8 Å². The van der Waals surface area contributed by atoms with Crippen molar-refractivity contribution in [2.45, 2.75) is 20.8 Å². The molecule has 3 rings (SSSR count). The third-order valence-electron chi connectivity index (χ3n) is 4.14. The molecule has 0 unspecified atom stereocenters. The highest BCUT2D eigenvalue weighted by molar-refractivity contribution is 5.89. The van der Waals surface area contributed by atoms with Crippen molar-refractivity contribution < 1.29 is 19.0 Å². The highest BCUT2D eigenvalue weighted by Crippen LogP contribution is 2.34. The molecule has 0 saturated carbocycles. The van der Waals surface area contributed by atoms with Crippen molar-refractivity contribution in [1.82, 2.24) is 5.32 Å². The topological polar surface area (TPSA) is 68.8 Å². The molecule has 0 atom stereocenters. The van der Waals surface area contributed by atoms with E-state index < -0.39 is 0 Å². The van der Waals surface area contributed by atoms with Crippen molar-refractivity contribution in [3.63, 3.8) is 0 Å². The van der Waals surface area contributed by atoms with Gasteiger partial charge in [0.2, 0.25) is 6.79 Å². The maximum absolute atomic E-state index is 12.0. The number of aryl methyl sites for hydroxylation is 2. The number of hydrogen-bond donors (Lipinski definition) is 2. The van der Waals surface area contributed by atoms with Crippen molar-refractivity contribution in [2.24, 2.45) is 0 Å². The smallest absolute Gasteiger partial charge is 0.319 e. The van der Waals surface area contributed by atoms with E-state index >= 15 is 0 Å². The van der Waals surface area contributed by atoms with Gasteiger partial charge in [-0.2, -0.15) is 0 Å². The molecule has 1 aliphatic rings. The Labute approximate surface area is 147 Å². The SMILES string of the molecule is Cc1ccc(C)c(OCCNC(=O)Nc2ccc3c(c2)OCO3)c1C. The van der Waals surface area contributed by atoms with E-state index in [4.69, 9.17) is 14.2 Å². The van der Waals surface area contributed by atoms with E-state index in [2.05, 4.69) is 23.6 Å². The second kappa shape index (κ2) is 7.34. The Morgan fingerprint density at radius 2 is 1.84 bits per heavy atom. The molecule has 2 N–H and O–H groups in total. The lowest BCUT2D eigenvalue weighted by molar-refractivity contribution is 0.174. The van der Waals surface area contributed by atoms with Crippen LogP contribution in [0.15, 0.2) is 30.3 Å². The molecular formula is C19H22N2O4. The lowest BCUT2D eigenvalue weighted by atomic mass is 10.1. The minimum atomic E-state index is -0.292. The summed E-state index contributed by atoms with van der Waals surface area (Å²) >= 11 is 0. The van der Waals surface area contributed by atoms with Crippen LogP contribution in [0.5, 0.6) is 17.2 Å². The second-order valence-corrected chi connectivity index (χ2v) is 5.95. The van der Waals surface area contributed by atoms with Crippen LogP contribution in [0.1, 0.15) is 16.7 Å². The maximum Gasteiger partial charge on any atom is 0.319 e. The summed E-state index contributed by atoms with van der Waals surface area (Å²) in [6, 6.07) is 9.09. The molecule has 0 radical (unpaired) electrons. The van der Waals surface area contributed by atoms with Gasteiger partial charge in [-0.25, -0.2) is 4.79 Å². The Morgan fingerprint density at radius 3 is 2.68 bits per heavy atom. The lowest BCUT2D eigenvalue weighted by Gasteiger charge is -2.14. The molecule has 0 aromatic heterocycles. The minimum Gasteiger partial charge on any atom is -0.491 e. The lowest BCUT2D eigenvalue weighted by Crippen LogP contribution is -2.32. The highest BCUT2D eigenvalue weighted by atomic mass is 16.7. The predicted molar refractivity (Wildman–Crippen MR) is 95.7 cm³/mol. The summed E-state index contributed by atoms with van der Waals surface area (Å²) in [7, 11) is 0. The minimum absolute atomic E-state index is 0.208. The number of urea groups is 1. The van der Waals surface area contributed by atoms with Gasteiger partial charge in [-0.1, -0.05) is 12.1 Å². The fourth-order valence-electron chi connectivity index (χ4n) is 2.61. The van der Waals surface area contributed by atoms with Gasteiger partial charge in [0.1, 0.15) is 12.4 Å². The Morgan fingerprint density at radius 1 is 1.08 bits per heavy atom. The third-order valence-corrected chi connectivity index (χ3v) is 4.14. The van der Waals surface area contributed by atoms with Crippen molar-refractivity contribution in [3.05, 3.63) is 47.0 Å². The molecule has 132 valence electrons. The van der Waals surface area contributed by atoms with E-state index in [1.54, 1.807) is 18.2 Å². The Hall–Kier alpha value is -2.89. The Balaban J connectivity index is 1.46. The number of hydrogen-bond acceptors (Lipinski definition) is 4. The van der Waals surface area contributed by atoms with Gasteiger partial charge in [0.05, 0.1) is 6.54 Å². The molecule has 0 aliphatic carbocycles. The zero-order valence-corrected chi connectivity index (χ0v) is 14.6. The summed E-state index contributed by atoms with van der Waals surface area (Å²) < 4.78 is 16.4. The number of benzene rings is 2. The van der Waals surface area contributed by atoms with Gasteiger partial charge in [0, 0.05) is 11.8 Å². The molecule has 1 aliphatic heterocycles. The second-order valence-electron chi connectivity index (χ2n) is 5.95. The third kappa shape index (κ3) is 3.96. The van der Waals surface area contributed by atoms with Crippen LogP contribution in [0.2, 0.25) is 0 Å². The maximum atomic E-state index is 12.0. The molecule has 2 aromatic carbocycles. The average Bonchev–Trinajstić information content (AvgIpc) is 3.05. The molecule has 6 heteroatoms. The normalized spacial score (nSPS) is 12.0. The van der Waals surface area contributed by atoms with Gasteiger partial charge in [0.15, 0.2) is 11.5 Å². The monoisotopic (exact) mass is 342 g/mol. The van der Waals surface area contributed by atoms with Crippen molar-refractivity contribution in [1.29, 1.82) is 0 Å². The fraction of sp³-hybridized carbons (Fsp3) is 0.316. The van der Waals surface area contributed by atoms with Crippen LogP contribution in [-0.4, -0.2) is 26.0 Å². The van der Waals surface area contributed by atoms with Gasteiger partial charge >= 0.3 is 6.03 Å². The zero-order chi connectivity index (χ0) is 17.8. The molecule has 6 nitrogen and oxygen atoms in total. The number of carbonyl (C=O) groups is 1. The van der Waals surface area contributed by atoms with Gasteiger partial charge in [-0.3, -0.25) is 0 Å². The van der Waals surface area contributed by atoms with Gasteiger partial charge in [-0.05, 0) is 49.6 Å². The molecule has 25 heavy (non-hydrogen) atoms.